The van der Waals surface area contributed by atoms with Gasteiger partial charge in [0.1, 0.15) is 12.4 Å². The van der Waals surface area contributed by atoms with Crippen molar-refractivity contribution in [2.24, 2.45) is 0 Å². The van der Waals surface area contributed by atoms with Crippen molar-refractivity contribution in [3.63, 3.8) is 0 Å². The molecule has 4 rings (SSSR count). The van der Waals surface area contributed by atoms with Gasteiger partial charge in [-0.2, -0.15) is 0 Å². The van der Waals surface area contributed by atoms with Gasteiger partial charge >= 0.3 is 0 Å². The lowest BCUT2D eigenvalue weighted by molar-refractivity contribution is 0.0940. The molecular formula is C23H20F2N4O2. The van der Waals surface area contributed by atoms with Gasteiger partial charge < -0.3 is 15.0 Å². The highest BCUT2D eigenvalue weighted by molar-refractivity contribution is 5.97. The number of H-pyrrole nitrogens is 1. The summed E-state index contributed by atoms with van der Waals surface area (Å²) < 4.78 is 31.4. The topological polar surface area (TPSA) is 79.9 Å². The summed E-state index contributed by atoms with van der Waals surface area (Å²) in [5.74, 6) is -0.00285. The van der Waals surface area contributed by atoms with Gasteiger partial charge in [0.25, 0.3) is 12.3 Å². The molecule has 2 heterocycles. The molecule has 0 radical (unpaired) electrons. The van der Waals surface area contributed by atoms with Crippen molar-refractivity contribution in [2.45, 2.75) is 26.0 Å². The first-order valence-electron chi connectivity index (χ1n) is 9.70. The molecule has 0 saturated heterocycles. The van der Waals surface area contributed by atoms with Crippen LogP contribution in [-0.4, -0.2) is 20.9 Å². The molecule has 31 heavy (non-hydrogen) atoms. The predicted octanol–water partition coefficient (Wildman–Crippen LogP) is 4.97. The molecule has 0 saturated carbocycles. The molecular weight excluding hydrogens is 402 g/mol. The fourth-order valence-electron chi connectivity index (χ4n) is 3.14. The second kappa shape index (κ2) is 8.91. The number of amides is 1. The minimum absolute atomic E-state index is 0.256. The van der Waals surface area contributed by atoms with Crippen LogP contribution in [0.3, 0.4) is 0 Å². The molecule has 0 fully saturated rings. The molecule has 2 aromatic carbocycles. The zero-order valence-corrected chi connectivity index (χ0v) is 16.7. The Morgan fingerprint density at radius 2 is 1.97 bits per heavy atom. The number of halogens is 2. The lowest BCUT2D eigenvalue weighted by atomic mass is 10.1. The van der Waals surface area contributed by atoms with Gasteiger partial charge in [-0.25, -0.2) is 13.8 Å². The molecule has 0 aliphatic heterocycles. The second-order valence-electron chi connectivity index (χ2n) is 7.07. The van der Waals surface area contributed by atoms with Crippen LogP contribution in [0.4, 0.5) is 8.78 Å². The van der Waals surface area contributed by atoms with Crippen molar-refractivity contribution >= 4 is 16.9 Å². The first-order chi connectivity index (χ1) is 15.0. The Balaban J connectivity index is 1.38. The van der Waals surface area contributed by atoms with Gasteiger partial charge in [-0.15, -0.1) is 0 Å². The highest BCUT2D eigenvalue weighted by Gasteiger charge is 2.16. The summed E-state index contributed by atoms with van der Waals surface area (Å²) in [6.45, 7) is 2.29. The molecule has 1 atom stereocenters. The van der Waals surface area contributed by atoms with Gasteiger partial charge in [0.05, 0.1) is 17.1 Å². The second-order valence-corrected chi connectivity index (χ2v) is 7.07. The van der Waals surface area contributed by atoms with E-state index in [0.29, 0.717) is 29.0 Å². The maximum Gasteiger partial charge on any atom is 0.295 e. The molecule has 2 N–H and O–H groups in total. The lowest BCUT2D eigenvalue weighted by Crippen LogP contribution is -2.26. The maximum absolute atomic E-state index is 12.8. The molecule has 1 amide bonds. The zero-order valence-electron chi connectivity index (χ0n) is 16.7. The number of benzene rings is 2. The van der Waals surface area contributed by atoms with E-state index < -0.39 is 12.2 Å². The van der Waals surface area contributed by atoms with E-state index >= 15 is 0 Å². The molecule has 0 aliphatic rings. The quantitative estimate of drug-likeness (QED) is 0.441. The number of carbonyl (C=O) groups excluding carboxylic acids is 1. The summed E-state index contributed by atoms with van der Waals surface area (Å²) in [4.78, 5) is 23.0. The monoisotopic (exact) mass is 422 g/mol. The maximum atomic E-state index is 12.8. The fraction of sp³-hybridized carbons (Fsp3) is 0.174. The molecule has 0 aliphatic carbocycles. The Labute approximate surface area is 177 Å². The zero-order chi connectivity index (χ0) is 21.8. The SMILES string of the molecule is CC(NC(=O)c1ccc2nc(C(F)F)[nH]c2c1)c1ccc(OCc2cccnc2)cc1. The predicted molar refractivity (Wildman–Crippen MR) is 112 cm³/mol. The molecule has 2 aromatic heterocycles. The Hall–Kier alpha value is -3.81. The van der Waals surface area contributed by atoms with Crippen LogP contribution in [0.2, 0.25) is 0 Å². The number of pyridine rings is 1. The number of imidazole rings is 1. The summed E-state index contributed by atoms with van der Waals surface area (Å²) in [6.07, 6.45) is 0.767. The minimum Gasteiger partial charge on any atom is -0.489 e. The first kappa shape index (κ1) is 20.5. The third kappa shape index (κ3) is 4.85. The molecule has 8 heteroatoms. The van der Waals surface area contributed by atoms with Gasteiger partial charge in [-0.05, 0) is 48.9 Å². The van der Waals surface area contributed by atoms with E-state index in [4.69, 9.17) is 4.74 Å². The smallest absolute Gasteiger partial charge is 0.295 e. The summed E-state index contributed by atoms with van der Waals surface area (Å²) >= 11 is 0. The van der Waals surface area contributed by atoms with Crippen LogP contribution in [0, 0.1) is 0 Å². The third-order valence-electron chi connectivity index (χ3n) is 4.83. The minimum atomic E-state index is -2.69. The summed E-state index contributed by atoms with van der Waals surface area (Å²) in [7, 11) is 0. The Morgan fingerprint density at radius 3 is 2.68 bits per heavy atom. The average Bonchev–Trinajstić information content (AvgIpc) is 3.22. The highest BCUT2D eigenvalue weighted by Crippen LogP contribution is 2.22. The summed E-state index contributed by atoms with van der Waals surface area (Å²) in [5, 5.41) is 2.91. The van der Waals surface area contributed by atoms with Crippen LogP contribution >= 0.6 is 0 Å². The number of hydrogen-bond acceptors (Lipinski definition) is 4. The largest absolute Gasteiger partial charge is 0.489 e. The van der Waals surface area contributed by atoms with E-state index in [-0.39, 0.29) is 11.9 Å². The number of hydrogen-bond donors (Lipinski definition) is 2. The standard InChI is InChI=1S/C23H20F2N4O2/c1-14(16-4-7-18(8-5-16)31-13-15-3-2-10-26-12-15)27-23(30)17-6-9-19-20(11-17)29-22(28-19)21(24)25/h2-12,14,21H,13H2,1H3,(H,27,30)(H,28,29). The number of fused-ring (bicyclic) bond motifs is 1. The Morgan fingerprint density at radius 1 is 1.16 bits per heavy atom. The van der Waals surface area contributed by atoms with E-state index in [2.05, 4.69) is 20.3 Å². The van der Waals surface area contributed by atoms with E-state index in [1.165, 1.54) is 6.07 Å². The number of aromatic amines is 1. The molecule has 0 bridgehead atoms. The van der Waals surface area contributed by atoms with Crippen molar-refractivity contribution in [1.82, 2.24) is 20.3 Å². The summed E-state index contributed by atoms with van der Waals surface area (Å²) in [5.41, 5.74) is 3.03. The number of ether oxygens (including phenoxy) is 1. The lowest BCUT2D eigenvalue weighted by Gasteiger charge is -2.15. The van der Waals surface area contributed by atoms with E-state index in [1.54, 1.807) is 24.5 Å². The van der Waals surface area contributed by atoms with Crippen molar-refractivity contribution in [3.05, 3.63) is 89.5 Å². The number of nitrogens with zero attached hydrogens (tertiary/aromatic N) is 2. The van der Waals surface area contributed by atoms with Crippen LogP contribution in [0.15, 0.2) is 67.0 Å². The molecule has 4 aromatic rings. The van der Waals surface area contributed by atoms with Crippen LogP contribution in [0.25, 0.3) is 11.0 Å². The first-order valence-corrected chi connectivity index (χ1v) is 9.70. The van der Waals surface area contributed by atoms with Gasteiger partial charge in [-0.1, -0.05) is 18.2 Å². The molecule has 0 spiro atoms. The summed E-state index contributed by atoms with van der Waals surface area (Å²) in [6, 6.07) is 15.6. The number of rotatable bonds is 7. The molecule has 1 unspecified atom stereocenters. The van der Waals surface area contributed by atoms with Crippen LogP contribution in [-0.2, 0) is 6.61 Å². The van der Waals surface area contributed by atoms with Gasteiger partial charge in [0.15, 0.2) is 5.82 Å². The van der Waals surface area contributed by atoms with Crippen LogP contribution < -0.4 is 10.1 Å². The highest BCUT2D eigenvalue weighted by atomic mass is 19.3. The number of aromatic nitrogens is 3. The van der Waals surface area contributed by atoms with Crippen LogP contribution in [0.5, 0.6) is 5.75 Å². The van der Waals surface area contributed by atoms with E-state index in [9.17, 15) is 13.6 Å². The van der Waals surface area contributed by atoms with Crippen LogP contribution in [0.1, 0.15) is 46.7 Å². The van der Waals surface area contributed by atoms with E-state index in [1.807, 2.05) is 43.3 Å². The Bertz CT molecular complexity index is 1180. The average molecular weight is 422 g/mol. The van der Waals surface area contributed by atoms with Gasteiger partial charge in [0, 0.05) is 23.5 Å². The van der Waals surface area contributed by atoms with Crippen molar-refractivity contribution in [1.29, 1.82) is 0 Å². The van der Waals surface area contributed by atoms with E-state index in [0.717, 1.165) is 11.1 Å². The number of carbonyl (C=O) groups is 1. The van der Waals surface area contributed by atoms with Gasteiger partial charge in [0.2, 0.25) is 0 Å². The number of alkyl halides is 2. The normalized spacial score (nSPS) is 12.1. The Kier molecular flexibility index (Phi) is 5.88. The van der Waals surface area contributed by atoms with Crippen molar-refractivity contribution < 1.29 is 18.3 Å². The van der Waals surface area contributed by atoms with Crippen molar-refractivity contribution in [2.75, 3.05) is 0 Å². The van der Waals surface area contributed by atoms with Crippen molar-refractivity contribution in [3.8, 4) is 5.75 Å². The molecule has 158 valence electrons. The van der Waals surface area contributed by atoms with Gasteiger partial charge in [-0.3, -0.25) is 9.78 Å². The third-order valence-corrected chi connectivity index (χ3v) is 4.83. The fourth-order valence-corrected chi connectivity index (χ4v) is 3.14. The number of nitrogens with one attached hydrogen (secondary N) is 2. The molecule has 6 nitrogen and oxygen atoms in total.